The molecule has 0 fully saturated rings. The van der Waals surface area contributed by atoms with Crippen LogP contribution in [0.3, 0.4) is 0 Å². The number of carbonyl (C=O) groups is 1. The summed E-state index contributed by atoms with van der Waals surface area (Å²) in [5.41, 5.74) is 0.298. The van der Waals surface area contributed by atoms with Crippen LogP contribution in [0.15, 0.2) is 34.2 Å². The zero-order valence-electron chi connectivity index (χ0n) is 16.8. The molecule has 1 amide bonds. The van der Waals surface area contributed by atoms with Crippen LogP contribution in [0.1, 0.15) is 46.1 Å². The van der Waals surface area contributed by atoms with Crippen molar-refractivity contribution in [2.24, 2.45) is 5.92 Å². The van der Waals surface area contributed by atoms with E-state index in [1.54, 1.807) is 28.8 Å². The van der Waals surface area contributed by atoms with Crippen molar-refractivity contribution in [2.45, 2.75) is 57.4 Å². The Labute approximate surface area is 172 Å². The number of thioether (sulfide) groups is 1. The van der Waals surface area contributed by atoms with Gasteiger partial charge < -0.3 is 5.32 Å². The number of nitrogens with one attached hydrogen (secondary N) is 1. The van der Waals surface area contributed by atoms with Crippen LogP contribution in [0.2, 0.25) is 0 Å². The van der Waals surface area contributed by atoms with Gasteiger partial charge in [0.1, 0.15) is 6.54 Å². The molecule has 0 radical (unpaired) electrons. The largest absolute Gasteiger partial charge is 0.405 e. The molecule has 2 aromatic rings. The lowest BCUT2D eigenvalue weighted by Gasteiger charge is -2.20. The molecule has 1 aromatic carbocycles. The van der Waals surface area contributed by atoms with E-state index in [9.17, 15) is 22.8 Å². The Morgan fingerprint density at radius 1 is 1.21 bits per heavy atom. The van der Waals surface area contributed by atoms with Gasteiger partial charge in [0.15, 0.2) is 5.16 Å². The Kier molecular flexibility index (Phi) is 8.13. The molecule has 0 saturated carbocycles. The highest BCUT2D eigenvalue weighted by atomic mass is 32.2. The molecule has 1 aromatic heterocycles. The Bertz CT molecular complexity index is 897. The smallest absolute Gasteiger partial charge is 0.346 e. The van der Waals surface area contributed by atoms with Crippen LogP contribution in [-0.2, 0) is 4.79 Å². The monoisotopic (exact) mass is 429 g/mol. The Balaban J connectivity index is 2.24. The van der Waals surface area contributed by atoms with E-state index in [-0.39, 0.29) is 17.4 Å². The number of hydrogen-bond donors (Lipinski definition) is 1. The minimum Gasteiger partial charge on any atom is -0.346 e. The summed E-state index contributed by atoms with van der Waals surface area (Å²) < 4.78 is 38.4. The third-order valence-corrected chi connectivity index (χ3v) is 5.39. The number of rotatable bonds is 9. The number of para-hydroxylation sites is 1. The van der Waals surface area contributed by atoms with Crippen LogP contribution in [0.4, 0.5) is 13.2 Å². The maximum atomic E-state index is 13.0. The van der Waals surface area contributed by atoms with Gasteiger partial charge in [-0.2, -0.15) is 13.2 Å². The van der Waals surface area contributed by atoms with Gasteiger partial charge >= 0.3 is 6.18 Å². The second-order valence-electron chi connectivity index (χ2n) is 7.44. The van der Waals surface area contributed by atoms with Crippen molar-refractivity contribution in [3.63, 3.8) is 0 Å². The summed E-state index contributed by atoms with van der Waals surface area (Å²) in [5, 5.41) is 2.66. The molecule has 1 unspecified atom stereocenters. The topological polar surface area (TPSA) is 64.0 Å². The van der Waals surface area contributed by atoms with Gasteiger partial charge in [0.05, 0.1) is 16.7 Å². The Morgan fingerprint density at radius 2 is 1.90 bits per heavy atom. The van der Waals surface area contributed by atoms with Crippen molar-refractivity contribution >= 4 is 28.6 Å². The van der Waals surface area contributed by atoms with Crippen molar-refractivity contribution in [1.29, 1.82) is 0 Å². The zero-order chi connectivity index (χ0) is 21.6. The summed E-state index contributed by atoms with van der Waals surface area (Å²) in [6.45, 7) is 4.81. The summed E-state index contributed by atoms with van der Waals surface area (Å²) in [6.07, 6.45) is -1.73. The molecule has 0 bridgehead atoms. The number of hydrogen-bond acceptors (Lipinski definition) is 4. The first-order valence-corrected chi connectivity index (χ1v) is 10.5. The van der Waals surface area contributed by atoms with Crippen LogP contribution in [0.25, 0.3) is 10.9 Å². The number of nitrogens with zero attached hydrogens (tertiary/aromatic N) is 2. The molecular weight excluding hydrogens is 403 g/mol. The third-order valence-electron chi connectivity index (χ3n) is 4.44. The SMILES string of the molecule is CC(C)CCCC(C)n1c(SCC(=O)NCC(F)(F)F)nc2ccccc2c1=O. The first kappa shape index (κ1) is 23.3. The molecule has 1 heterocycles. The fourth-order valence-corrected chi connectivity index (χ4v) is 3.87. The van der Waals surface area contributed by atoms with Gasteiger partial charge in [0.2, 0.25) is 5.91 Å². The predicted octanol–water partition coefficient (Wildman–Crippen LogP) is 4.55. The molecule has 160 valence electrons. The molecule has 0 aliphatic heterocycles. The molecule has 1 N–H and O–H groups in total. The number of aromatic nitrogens is 2. The third kappa shape index (κ3) is 7.06. The minimum atomic E-state index is -4.46. The highest BCUT2D eigenvalue weighted by molar-refractivity contribution is 7.99. The van der Waals surface area contributed by atoms with E-state index in [4.69, 9.17) is 0 Å². The molecule has 0 saturated heterocycles. The molecule has 1 atom stereocenters. The van der Waals surface area contributed by atoms with E-state index >= 15 is 0 Å². The van der Waals surface area contributed by atoms with Crippen molar-refractivity contribution in [1.82, 2.24) is 14.9 Å². The van der Waals surface area contributed by atoms with E-state index in [0.717, 1.165) is 31.0 Å². The molecular formula is C20H26F3N3O2S. The number of alkyl halides is 3. The zero-order valence-corrected chi connectivity index (χ0v) is 17.6. The summed E-state index contributed by atoms with van der Waals surface area (Å²) in [6, 6.07) is 6.79. The van der Waals surface area contributed by atoms with Crippen LogP contribution < -0.4 is 10.9 Å². The number of carbonyl (C=O) groups excluding carboxylic acids is 1. The molecule has 5 nitrogen and oxygen atoms in total. The van der Waals surface area contributed by atoms with E-state index in [2.05, 4.69) is 18.8 Å². The van der Waals surface area contributed by atoms with Crippen molar-refractivity contribution in [3.8, 4) is 0 Å². The Morgan fingerprint density at radius 3 is 2.55 bits per heavy atom. The first-order chi connectivity index (χ1) is 13.6. The lowest BCUT2D eigenvalue weighted by molar-refractivity contribution is -0.136. The van der Waals surface area contributed by atoms with Gasteiger partial charge in [-0.05, 0) is 31.4 Å². The van der Waals surface area contributed by atoms with Crippen molar-refractivity contribution in [2.75, 3.05) is 12.3 Å². The van der Waals surface area contributed by atoms with Gasteiger partial charge in [-0.1, -0.05) is 50.6 Å². The lowest BCUT2D eigenvalue weighted by atomic mass is 10.0. The van der Waals surface area contributed by atoms with Gasteiger partial charge in [-0.3, -0.25) is 14.2 Å². The average Bonchev–Trinajstić information content (AvgIpc) is 2.63. The molecule has 0 aliphatic carbocycles. The van der Waals surface area contributed by atoms with E-state index < -0.39 is 18.6 Å². The fraction of sp³-hybridized carbons (Fsp3) is 0.550. The van der Waals surface area contributed by atoms with Crippen molar-refractivity contribution < 1.29 is 18.0 Å². The van der Waals surface area contributed by atoms with Gasteiger partial charge in [0.25, 0.3) is 5.56 Å². The molecule has 0 aliphatic rings. The summed E-state index contributed by atoms with van der Waals surface area (Å²) >= 11 is 0.975. The number of benzene rings is 1. The van der Waals surface area contributed by atoms with Gasteiger partial charge in [0, 0.05) is 6.04 Å². The lowest BCUT2D eigenvalue weighted by Crippen LogP contribution is -2.35. The standard InChI is InChI=1S/C20H26F3N3O2S/c1-13(2)7-6-8-14(3)26-18(28)15-9-4-5-10-16(15)25-19(26)29-11-17(27)24-12-20(21,22)23/h4-5,9-10,13-14H,6-8,11-12H2,1-3H3,(H,24,27). The molecule has 2 rings (SSSR count). The second kappa shape index (κ2) is 10.1. The van der Waals surface area contributed by atoms with Crippen LogP contribution in [-0.4, -0.2) is 33.9 Å². The molecule has 0 spiro atoms. The van der Waals surface area contributed by atoms with E-state index in [0.29, 0.717) is 22.0 Å². The predicted molar refractivity (Wildman–Crippen MR) is 109 cm³/mol. The maximum Gasteiger partial charge on any atom is 0.405 e. The summed E-state index contributed by atoms with van der Waals surface area (Å²) in [7, 11) is 0. The second-order valence-corrected chi connectivity index (χ2v) is 8.38. The fourth-order valence-electron chi connectivity index (χ4n) is 2.95. The number of fused-ring (bicyclic) bond motifs is 1. The number of halogens is 3. The Hall–Kier alpha value is -2.03. The quantitative estimate of drug-likeness (QED) is 0.469. The first-order valence-electron chi connectivity index (χ1n) is 9.56. The molecule has 9 heteroatoms. The van der Waals surface area contributed by atoms with Crippen LogP contribution in [0, 0.1) is 5.92 Å². The number of amides is 1. The van der Waals surface area contributed by atoms with Gasteiger partial charge in [-0.25, -0.2) is 4.98 Å². The highest BCUT2D eigenvalue weighted by Crippen LogP contribution is 2.24. The van der Waals surface area contributed by atoms with Gasteiger partial charge in [-0.15, -0.1) is 0 Å². The molecule has 29 heavy (non-hydrogen) atoms. The average molecular weight is 430 g/mol. The van der Waals surface area contributed by atoms with E-state index in [1.165, 1.54) is 0 Å². The highest BCUT2D eigenvalue weighted by Gasteiger charge is 2.27. The normalized spacial score (nSPS) is 13.1. The maximum absolute atomic E-state index is 13.0. The minimum absolute atomic E-state index is 0.140. The van der Waals surface area contributed by atoms with Crippen molar-refractivity contribution in [3.05, 3.63) is 34.6 Å². The summed E-state index contributed by atoms with van der Waals surface area (Å²) in [5.74, 6) is -0.451. The van der Waals surface area contributed by atoms with Crippen LogP contribution >= 0.6 is 11.8 Å². The van der Waals surface area contributed by atoms with Crippen LogP contribution in [0.5, 0.6) is 0 Å². The van der Waals surface area contributed by atoms with E-state index in [1.807, 2.05) is 12.2 Å². The summed E-state index contributed by atoms with van der Waals surface area (Å²) in [4.78, 5) is 29.3.